The Morgan fingerprint density at radius 3 is 2.29 bits per heavy atom. The van der Waals surface area contributed by atoms with Crippen molar-refractivity contribution in [2.45, 2.75) is 0 Å². The molecule has 5 heteroatoms. The van der Waals surface area contributed by atoms with Crippen LogP contribution in [0, 0.1) is 0 Å². The number of ether oxygens (including phenoxy) is 2. The second kappa shape index (κ2) is 11.3. The fraction of sp³-hybridized carbons (Fsp3) is 0.348. The van der Waals surface area contributed by atoms with E-state index >= 15 is 0 Å². The molecule has 5 nitrogen and oxygen atoms in total. The molecule has 0 saturated carbocycles. The van der Waals surface area contributed by atoms with E-state index in [1.165, 1.54) is 0 Å². The average molecular weight is 383 g/mol. The summed E-state index contributed by atoms with van der Waals surface area (Å²) in [6, 6.07) is 15.0. The zero-order valence-corrected chi connectivity index (χ0v) is 17.2. The number of likely N-dealkylation sites (N-methyl/N-ethyl adjacent to an activating group) is 2. The number of para-hydroxylation sites is 1. The molecule has 0 unspecified atom stereocenters. The smallest absolute Gasteiger partial charge is 0.185 e. The summed E-state index contributed by atoms with van der Waals surface area (Å²) in [4.78, 5) is 16.7. The maximum Gasteiger partial charge on any atom is 0.185 e. The average Bonchev–Trinajstić information content (AvgIpc) is 2.66. The van der Waals surface area contributed by atoms with Crippen molar-refractivity contribution in [1.29, 1.82) is 0 Å². The van der Waals surface area contributed by atoms with E-state index in [9.17, 15) is 4.79 Å². The van der Waals surface area contributed by atoms with E-state index in [2.05, 4.69) is 9.80 Å². The van der Waals surface area contributed by atoms with Crippen LogP contribution in [0.5, 0.6) is 11.5 Å². The molecule has 0 aromatic heterocycles. The van der Waals surface area contributed by atoms with E-state index < -0.39 is 0 Å². The predicted molar refractivity (Wildman–Crippen MR) is 114 cm³/mol. The monoisotopic (exact) mass is 382 g/mol. The van der Waals surface area contributed by atoms with Crippen molar-refractivity contribution in [1.82, 2.24) is 9.80 Å². The zero-order chi connectivity index (χ0) is 20.4. The summed E-state index contributed by atoms with van der Waals surface area (Å²) in [7, 11) is 8.00. The fourth-order valence-electron chi connectivity index (χ4n) is 2.43. The van der Waals surface area contributed by atoms with Gasteiger partial charge in [-0.25, -0.2) is 0 Å². The molecule has 0 saturated heterocycles. The molecule has 0 bridgehead atoms. The fourth-order valence-corrected chi connectivity index (χ4v) is 2.43. The van der Waals surface area contributed by atoms with E-state index in [0.717, 1.165) is 24.4 Å². The summed E-state index contributed by atoms with van der Waals surface area (Å²) >= 11 is 0. The molecule has 0 radical (unpaired) electrons. The molecule has 0 aliphatic heterocycles. The van der Waals surface area contributed by atoms with E-state index in [0.29, 0.717) is 24.5 Å². The Labute approximate surface area is 168 Å². The molecule has 2 aromatic carbocycles. The number of nitrogens with zero attached hydrogens (tertiary/aromatic N) is 2. The van der Waals surface area contributed by atoms with Gasteiger partial charge in [0.15, 0.2) is 5.78 Å². The quantitative estimate of drug-likeness (QED) is 0.440. The first kappa shape index (κ1) is 21.7. The van der Waals surface area contributed by atoms with Gasteiger partial charge in [0, 0.05) is 24.2 Å². The van der Waals surface area contributed by atoms with Crippen LogP contribution in [0.25, 0.3) is 6.08 Å². The van der Waals surface area contributed by atoms with Crippen molar-refractivity contribution in [3.8, 4) is 11.5 Å². The van der Waals surface area contributed by atoms with Gasteiger partial charge in [-0.3, -0.25) is 4.79 Å². The topological polar surface area (TPSA) is 42.0 Å². The van der Waals surface area contributed by atoms with Crippen LogP contribution in [-0.4, -0.2) is 70.1 Å². The Kier molecular flexibility index (Phi) is 8.72. The number of benzene rings is 2. The highest BCUT2D eigenvalue weighted by Crippen LogP contribution is 2.20. The van der Waals surface area contributed by atoms with Gasteiger partial charge in [0.2, 0.25) is 0 Å². The molecule has 0 aliphatic rings. The predicted octanol–water partition coefficient (Wildman–Crippen LogP) is 3.46. The zero-order valence-electron chi connectivity index (χ0n) is 17.2. The SMILES string of the molecule is CN(C)CCOc1cccc(C(=O)C=Cc2ccccc2OCCN(C)C)c1. The van der Waals surface area contributed by atoms with Gasteiger partial charge >= 0.3 is 0 Å². The summed E-state index contributed by atoms with van der Waals surface area (Å²) in [6.45, 7) is 2.83. The Morgan fingerprint density at radius 1 is 0.893 bits per heavy atom. The molecule has 2 rings (SSSR count). The van der Waals surface area contributed by atoms with E-state index in [-0.39, 0.29) is 5.78 Å². The third kappa shape index (κ3) is 7.55. The van der Waals surface area contributed by atoms with Gasteiger partial charge in [0.1, 0.15) is 24.7 Å². The van der Waals surface area contributed by atoms with Crippen LogP contribution in [0.2, 0.25) is 0 Å². The van der Waals surface area contributed by atoms with Gasteiger partial charge in [-0.2, -0.15) is 0 Å². The Balaban J connectivity index is 2.01. The third-order valence-corrected chi connectivity index (χ3v) is 4.06. The summed E-state index contributed by atoms with van der Waals surface area (Å²) in [5.41, 5.74) is 1.48. The van der Waals surface area contributed by atoms with Crippen molar-refractivity contribution in [3.63, 3.8) is 0 Å². The van der Waals surface area contributed by atoms with Crippen LogP contribution in [-0.2, 0) is 0 Å². The maximum atomic E-state index is 12.6. The first-order chi connectivity index (χ1) is 13.5. The Hall–Kier alpha value is -2.63. The largest absolute Gasteiger partial charge is 0.492 e. The number of carbonyl (C=O) groups excluding carboxylic acids is 1. The van der Waals surface area contributed by atoms with Gasteiger partial charge in [-0.1, -0.05) is 30.3 Å². The molecule has 0 heterocycles. The number of carbonyl (C=O) groups is 1. The van der Waals surface area contributed by atoms with E-state index in [4.69, 9.17) is 9.47 Å². The molecule has 28 heavy (non-hydrogen) atoms. The highest BCUT2D eigenvalue weighted by molar-refractivity contribution is 6.07. The Morgan fingerprint density at radius 2 is 1.57 bits per heavy atom. The summed E-state index contributed by atoms with van der Waals surface area (Å²) in [5, 5.41) is 0. The van der Waals surface area contributed by atoms with Crippen molar-refractivity contribution in [3.05, 3.63) is 65.7 Å². The minimum absolute atomic E-state index is 0.0684. The number of hydrogen-bond acceptors (Lipinski definition) is 5. The number of hydrogen-bond donors (Lipinski definition) is 0. The highest BCUT2D eigenvalue weighted by atomic mass is 16.5. The lowest BCUT2D eigenvalue weighted by Gasteiger charge is -2.12. The lowest BCUT2D eigenvalue weighted by atomic mass is 10.1. The first-order valence-corrected chi connectivity index (χ1v) is 9.42. The normalized spacial score (nSPS) is 11.4. The maximum absolute atomic E-state index is 12.6. The molecule has 0 atom stereocenters. The first-order valence-electron chi connectivity index (χ1n) is 9.42. The van der Waals surface area contributed by atoms with E-state index in [1.54, 1.807) is 24.3 Å². The standard InChI is InChI=1S/C23H30N2O3/c1-24(2)14-16-27-21-10-7-9-20(18-21)22(26)13-12-19-8-5-6-11-23(19)28-17-15-25(3)4/h5-13,18H,14-17H2,1-4H3. The number of allylic oxidation sites excluding steroid dienone is 1. The molecule has 2 aromatic rings. The number of ketones is 1. The molecule has 0 spiro atoms. The van der Waals surface area contributed by atoms with Crippen molar-refractivity contribution in [2.24, 2.45) is 0 Å². The van der Waals surface area contributed by atoms with Gasteiger partial charge < -0.3 is 19.3 Å². The summed E-state index contributed by atoms with van der Waals surface area (Å²) in [5.74, 6) is 1.41. The lowest BCUT2D eigenvalue weighted by molar-refractivity contribution is 0.104. The van der Waals surface area contributed by atoms with Crippen molar-refractivity contribution < 1.29 is 14.3 Å². The molecule has 0 fully saturated rings. The minimum atomic E-state index is -0.0684. The minimum Gasteiger partial charge on any atom is -0.492 e. The summed E-state index contributed by atoms with van der Waals surface area (Å²) < 4.78 is 11.6. The van der Waals surface area contributed by atoms with E-state index in [1.807, 2.05) is 64.6 Å². The molecule has 0 N–H and O–H groups in total. The van der Waals surface area contributed by atoms with Gasteiger partial charge in [-0.05, 0) is 58.5 Å². The second-order valence-corrected chi connectivity index (χ2v) is 7.07. The van der Waals surface area contributed by atoms with Crippen molar-refractivity contribution in [2.75, 3.05) is 54.5 Å². The summed E-state index contributed by atoms with van der Waals surface area (Å²) in [6.07, 6.45) is 3.37. The third-order valence-electron chi connectivity index (χ3n) is 4.06. The van der Waals surface area contributed by atoms with Crippen LogP contribution in [0.15, 0.2) is 54.6 Å². The second-order valence-electron chi connectivity index (χ2n) is 7.07. The molecular weight excluding hydrogens is 352 g/mol. The lowest BCUT2D eigenvalue weighted by Crippen LogP contribution is -2.19. The van der Waals surface area contributed by atoms with Crippen LogP contribution < -0.4 is 9.47 Å². The van der Waals surface area contributed by atoms with Crippen molar-refractivity contribution >= 4 is 11.9 Å². The highest BCUT2D eigenvalue weighted by Gasteiger charge is 2.06. The van der Waals surface area contributed by atoms with Gasteiger partial charge in [0.05, 0.1) is 0 Å². The van der Waals surface area contributed by atoms with Crippen LogP contribution in [0.1, 0.15) is 15.9 Å². The van der Waals surface area contributed by atoms with Crippen LogP contribution >= 0.6 is 0 Å². The number of rotatable bonds is 11. The molecule has 150 valence electrons. The molecule has 0 aliphatic carbocycles. The van der Waals surface area contributed by atoms with Crippen LogP contribution in [0.3, 0.4) is 0 Å². The van der Waals surface area contributed by atoms with Crippen LogP contribution in [0.4, 0.5) is 0 Å². The van der Waals surface area contributed by atoms with Gasteiger partial charge in [-0.15, -0.1) is 0 Å². The Bertz CT molecular complexity index is 785. The molecular formula is C23H30N2O3. The molecule has 0 amide bonds. The van der Waals surface area contributed by atoms with Gasteiger partial charge in [0.25, 0.3) is 0 Å².